The third-order valence-corrected chi connectivity index (χ3v) is 4.98. The fourth-order valence-electron chi connectivity index (χ4n) is 2.58. The van der Waals surface area contributed by atoms with Gasteiger partial charge in [-0.05, 0) is 35.9 Å². The molecule has 110 valence electrons. The van der Waals surface area contributed by atoms with Gasteiger partial charge < -0.3 is 10.1 Å². The highest BCUT2D eigenvalue weighted by molar-refractivity contribution is 7.99. The van der Waals surface area contributed by atoms with E-state index in [2.05, 4.69) is 54.7 Å². The lowest BCUT2D eigenvalue weighted by atomic mass is 10.0. The zero-order valence-electron chi connectivity index (χ0n) is 12.3. The largest absolute Gasteiger partial charge is 0.493 e. The van der Waals surface area contributed by atoms with Gasteiger partial charge >= 0.3 is 0 Å². The van der Waals surface area contributed by atoms with E-state index in [1.54, 1.807) is 0 Å². The van der Waals surface area contributed by atoms with Gasteiger partial charge in [0, 0.05) is 23.1 Å². The maximum absolute atomic E-state index is 6.03. The predicted molar refractivity (Wildman–Crippen MR) is 89.2 cm³/mol. The summed E-state index contributed by atoms with van der Waals surface area (Å²) in [4.78, 5) is 1.41. The molecule has 0 fully saturated rings. The molecule has 1 aliphatic rings. The minimum Gasteiger partial charge on any atom is -0.493 e. The van der Waals surface area contributed by atoms with Crippen molar-refractivity contribution in [3.05, 3.63) is 59.7 Å². The van der Waals surface area contributed by atoms with Crippen LogP contribution in [0.3, 0.4) is 0 Å². The molecule has 0 amide bonds. The molecule has 0 saturated heterocycles. The van der Waals surface area contributed by atoms with E-state index >= 15 is 0 Å². The van der Waals surface area contributed by atoms with Crippen LogP contribution in [-0.4, -0.2) is 18.9 Å². The number of fused-ring (bicyclic) bond motifs is 1. The van der Waals surface area contributed by atoms with E-state index in [4.69, 9.17) is 4.74 Å². The van der Waals surface area contributed by atoms with Gasteiger partial charge in [0.25, 0.3) is 0 Å². The molecule has 21 heavy (non-hydrogen) atoms. The van der Waals surface area contributed by atoms with Crippen molar-refractivity contribution in [3.63, 3.8) is 0 Å². The lowest BCUT2D eigenvalue weighted by Gasteiger charge is -2.13. The Kier molecular flexibility index (Phi) is 4.84. The fraction of sp³-hybridized carbons (Fsp3) is 0.333. The first-order valence-corrected chi connectivity index (χ1v) is 8.49. The van der Waals surface area contributed by atoms with E-state index in [1.807, 2.05) is 17.8 Å². The summed E-state index contributed by atoms with van der Waals surface area (Å²) in [6, 6.07) is 17.0. The van der Waals surface area contributed by atoms with Gasteiger partial charge in [0.15, 0.2) is 0 Å². The molecule has 0 bridgehead atoms. The molecule has 2 aromatic rings. The molecule has 0 aliphatic carbocycles. The van der Waals surface area contributed by atoms with E-state index < -0.39 is 0 Å². The van der Waals surface area contributed by atoms with Crippen molar-refractivity contribution in [1.82, 2.24) is 5.32 Å². The summed E-state index contributed by atoms with van der Waals surface area (Å²) in [7, 11) is 0. The second kappa shape index (κ2) is 7.01. The van der Waals surface area contributed by atoms with Crippen molar-refractivity contribution in [2.45, 2.75) is 24.3 Å². The van der Waals surface area contributed by atoms with Crippen molar-refractivity contribution in [1.29, 1.82) is 0 Å². The Bertz CT molecular complexity index is 599. The summed E-state index contributed by atoms with van der Waals surface area (Å²) in [6.07, 6.45) is 0. The number of benzene rings is 2. The third-order valence-electron chi connectivity index (χ3n) is 3.73. The van der Waals surface area contributed by atoms with Crippen LogP contribution in [0.15, 0.2) is 53.4 Å². The Morgan fingerprint density at radius 1 is 1.19 bits per heavy atom. The zero-order valence-corrected chi connectivity index (χ0v) is 13.2. The molecule has 1 aliphatic heterocycles. The molecule has 3 rings (SSSR count). The first-order valence-electron chi connectivity index (χ1n) is 7.51. The molecule has 1 N–H and O–H groups in total. The van der Waals surface area contributed by atoms with Crippen LogP contribution in [0.2, 0.25) is 0 Å². The highest BCUT2D eigenvalue weighted by Crippen LogP contribution is 2.39. The first kappa shape index (κ1) is 14.5. The van der Waals surface area contributed by atoms with Crippen LogP contribution in [0.4, 0.5) is 0 Å². The zero-order chi connectivity index (χ0) is 14.5. The number of hydrogen-bond acceptors (Lipinski definition) is 3. The van der Waals surface area contributed by atoms with Gasteiger partial charge in [-0.1, -0.05) is 37.3 Å². The maximum atomic E-state index is 6.03. The Balaban J connectivity index is 1.61. The molecule has 3 heteroatoms. The van der Waals surface area contributed by atoms with E-state index in [1.165, 1.54) is 16.0 Å². The van der Waals surface area contributed by atoms with Crippen molar-refractivity contribution >= 4 is 11.8 Å². The van der Waals surface area contributed by atoms with Crippen molar-refractivity contribution in [3.8, 4) is 5.75 Å². The van der Waals surface area contributed by atoms with Gasteiger partial charge in [-0.3, -0.25) is 0 Å². The van der Waals surface area contributed by atoms with E-state index in [0.717, 1.165) is 31.2 Å². The SMILES string of the molecule is CCNCc1cccc(OCC2CSc3ccccc32)c1. The highest BCUT2D eigenvalue weighted by atomic mass is 32.2. The van der Waals surface area contributed by atoms with Gasteiger partial charge in [-0.15, -0.1) is 11.8 Å². The van der Waals surface area contributed by atoms with Gasteiger partial charge in [0.1, 0.15) is 5.75 Å². The lowest BCUT2D eigenvalue weighted by Crippen LogP contribution is -2.12. The Morgan fingerprint density at radius 3 is 3.00 bits per heavy atom. The summed E-state index contributed by atoms with van der Waals surface area (Å²) in [5, 5.41) is 3.34. The van der Waals surface area contributed by atoms with E-state index in [9.17, 15) is 0 Å². The molecule has 1 atom stereocenters. The van der Waals surface area contributed by atoms with Crippen LogP contribution >= 0.6 is 11.8 Å². The smallest absolute Gasteiger partial charge is 0.119 e. The molecule has 1 heterocycles. The molecule has 0 aromatic heterocycles. The molecule has 2 aromatic carbocycles. The summed E-state index contributed by atoms with van der Waals surface area (Å²) in [6.45, 7) is 4.77. The minimum absolute atomic E-state index is 0.503. The topological polar surface area (TPSA) is 21.3 Å². The standard InChI is InChI=1S/C18H21NOS/c1-2-19-11-14-6-5-7-16(10-14)20-12-15-13-21-18-9-4-3-8-17(15)18/h3-10,15,19H,2,11-13H2,1H3. The normalized spacial score (nSPS) is 16.7. The average molecular weight is 299 g/mol. The van der Waals surface area contributed by atoms with Crippen molar-refractivity contribution in [2.24, 2.45) is 0 Å². The third kappa shape index (κ3) is 3.60. The van der Waals surface area contributed by atoms with Crippen LogP contribution in [-0.2, 0) is 6.54 Å². The number of rotatable bonds is 6. The lowest BCUT2D eigenvalue weighted by molar-refractivity contribution is 0.297. The second-order valence-corrected chi connectivity index (χ2v) is 6.35. The molecule has 2 nitrogen and oxygen atoms in total. The van der Waals surface area contributed by atoms with Gasteiger partial charge in [0.2, 0.25) is 0 Å². The Hall–Kier alpha value is -1.45. The van der Waals surface area contributed by atoms with Crippen LogP contribution < -0.4 is 10.1 Å². The van der Waals surface area contributed by atoms with Crippen LogP contribution in [0.25, 0.3) is 0 Å². The second-order valence-electron chi connectivity index (χ2n) is 5.28. The van der Waals surface area contributed by atoms with Crippen LogP contribution in [0.1, 0.15) is 24.0 Å². The van der Waals surface area contributed by atoms with Crippen molar-refractivity contribution in [2.75, 3.05) is 18.9 Å². The van der Waals surface area contributed by atoms with Gasteiger partial charge in [-0.25, -0.2) is 0 Å². The summed E-state index contributed by atoms with van der Waals surface area (Å²) in [5.74, 6) is 2.60. The number of thioether (sulfide) groups is 1. The minimum atomic E-state index is 0.503. The van der Waals surface area contributed by atoms with E-state index in [0.29, 0.717) is 5.92 Å². The Labute approximate surface area is 130 Å². The summed E-state index contributed by atoms with van der Waals surface area (Å²) in [5.41, 5.74) is 2.71. The first-order chi connectivity index (χ1) is 10.4. The molecular weight excluding hydrogens is 278 g/mol. The maximum Gasteiger partial charge on any atom is 0.119 e. The quantitative estimate of drug-likeness (QED) is 0.869. The fourth-order valence-corrected chi connectivity index (χ4v) is 3.81. The number of ether oxygens (including phenoxy) is 1. The molecule has 0 radical (unpaired) electrons. The van der Waals surface area contributed by atoms with Gasteiger partial charge in [0.05, 0.1) is 6.61 Å². The van der Waals surface area contributed by atoms with E-state index in [-0.39, 0.29) is 0 Å². The number of nitrogens with one attached hydrogen (secondary N) is 1. The number of hydrogen-bond donors (Lipinski definition) is 1. The molecule has 0 saturated carbocycles. The predicted octanol–water partition coefficient (Wildman–Crippen LogP) is 4.06. The summed E-state index contributed by atoms with van der Waals surface area (Å²) >= 11 is 1.94. The molecular formula is C18H21NOS. The van der Waals surface area contributed by atoms with Crippen LogP contribution in [0.5, 0.6) is 5.75 Å². The molecule has 1 unspecified atom stereocenters. The monoisotopic (exact) mass is 299 g/mol. The highest BCUT2D eigenvalue weighted by Gasteiger charge is 2.23. The molecule has 0 spiro atoms. The average Bonchev–Trinajstić information content (AvgIpc) is 2.95. The van der Waals surface area contributed by atoms with Gasteiger partial charge in [-0.2, -0.15) is 0 Å². The van der Waals surface area contributed by atoms with Crippen molar-refractivity contribution < 1.29 is 4.74 Å². The summed E-state index contributed by atoms with van der Waals surface area (Å²) < 4.78 is 6.03. The Morgan fingerprint density at radius 2 is 2.10 bits per heavy atom. The van der Waals surface area contributed by atoms with Crippen LogP contribution in [0, 0.1) is 0 Å².